The molecular formula is C15H22. The average molecular weight is 202 g/mol. The van der Waals surface area contributed by atoms with Crippen LogP contribution in [0.5, 0.6) is 0 Å². The fraction of sp³-hybridized carbons (Fsp3) is 0.600. The first-order valence-corrected chi connectivity index (χ1v) is 6.31. The molecule has 1 fully saturated rings. The zero-order valence-electron chi connectivity index (χ0n) is 10.00. The third-order valence-electron chi connectivity index (χ3n) is 3.87. The molecular weight excluding hydrogens is 180 g/mol. The summed E-state index contributed by atoms with van der Waals surface area (Å²) in [4.78, 5) is 0. The molecule has 0 radical (unpaired) electrons. The molecule has 0 heteroatoms. The molecule has 0 N–H and O–H groups in total. The first-order chi connectivity index (χ1) is 7.25. The van der Waals surface area contributed by atoms with Crippen LogP contribution in [0.2, 0.25) is 0 Å². The molecule has 82 valence electrons. The third-order valence-corrected chi connectivity index (χ3v) is 3.87. The van der Waals surface area contributed by atoms with Gasteiger partial charge in [-0.2, -0.15) is 0 Å². The highest BCUT2D eigenvalue weighted by Crippen LogP contribution is 2.32. The largest absolute Gasteiger partial charge is 0.0622 e. The van der Waals surface area contributed by atoms with Crippen LogP contribution in [-0.2, 0) is 6.42 Å². The molecule has 1 aromatic carbocycles. The molecule has 0 nitrogen and oxygen atoms in total. The Bertz CT molecular complexity index is 314. The number of aryl methyl sites for hydroxylation is 1. The van der Waals surface area contributed by atoms with Crippen LogP contribution in [0, 0.1) is 18.8 Å². The zero-order chi connectivity index (χ0) is 10.7. The summed E-state index contributed by atoms with van der Waals surface area (Å²) in [7, 11) is 0. The van der Waals surface area contributed by atoms with Crippen molar-refractivity contribution < 1.29 is 0 Å². The van der Waals surface area contributed by atoms with Gasteiger partial charge in [0.1, 0.15) is 0 Å². The molecule has 0 spiro atoms. The fourth-order valence-electron chi connectivity index (χ4n) is 2.84. The van der Waals surface area contributed by atoms with Crippen molar-refractivity contribution in [3.63, 3.8) is 0 Å². The van der Waals surface area contributed by atoms with E-state index >= 15 is 0 Å². The van der Waals surface area contributed by atoms with Gasteiger partial charge >= 0.3 is 0 Å². The lowest BCUT2D eigenvalue weighted by Crippen LogP contribution is -2.18. The first kappa shape index (κ1) is 10.7. The minimum atomic E-state index is 0.930. The summed E-state index contributed by atoms with van der Waals surface area (Å²) in [6.07, 6.45) is 7.07. The second-order valence-corrected chi connectivity index (χ2v) is 5.21. The van der Waals surface area contributed by atoms with Gasteiger partial charge < -0.3 is 0 Å². The minimum absolute atomic E-state index is 0.930. The molecule has 0 aliphatic heterocycles. The van der Waals surface area contributed by atoms with Gasteiger partial charge in [-0.1, -0.05) is 56.0 Å². The zero-order valence-corrected chi connectivity index (χ0v) is 10.00. The molecule has 0 amide bonds. The first-order valence-electron chi connectivity index (χ1n) is 6.31. The van der Waals surface area contributed by atoms with Gasteiger partial charge in [-0.15, -0.1) is 0 Å². The standard InChI is InChI=1S/C15H22/c1-12-6-5-8-14(10-12)11-15-9-4-3-7-13(15)2/h5-6,8,10,13,15H,3-4,7,9,11H2,1-2H3. The van der Waals surface area contributed by atoms with Gasteiger partial charge in [0.15, 0.2) is 0 Å². The van der Waals surface area contributed by atoms with Crippen LogP contribution >= 0.6 is 0 Å². The van der Waals surface area contributed by atoms with Gasteiger partial charge in [-0.05, 0) is 37.2 Å². The Hall–Kier alpha value is -0.780. The van der Waals surface area contributed by atoms with Crippen molar-refractivity contribution in [3.8, 4) is 0 Å². The van der Waals surface area contributed by atoms with E-state index in [0.717, 1.165) is 11.8 Å². The molecule has 0 bridgehead atoms. The van der Waals surface area contributed by atoms with Gasteiger partial charge in [0.2, 0.25) is 0 Å². The lowest BCUT2D eigenvalue weighted by Gasteiger charge is -2.28. The van der Waals surface area contributed by atoms with Crippen molar-refractivity contribution in [1.29, 1.82) is 0 Å². The molecule has 0 saturated heterocycles. The summed E-state index contributed by atoms with van der Waals surface area (Å²) >= 11 is 0. The second kappa shape index (κ2) is 4.83. The summed E-state index contributed by atoms with van der Waals surface area (Å²) < 4.78 is 0. The van der Waals surface area contributed by atoms with E-state index in [1.165, 1.54) is 43.2 Å². The third kappa shape index (κ3) is 2.84. The van der Waals surface area contributed by atoms with Crippen LogP contribution in [-0.4, -0.2) is 0 Å². The Morgan fingerprint density at radius 3 is 2.73 bits per heavy atom. The van der Waals surface area contributed by atoms with E-state index in [1.807, 2.05) is 0 Å². The van der Waals surface area contributed by atoms with E-state index in [-0.39, 0.29) is 0 Å². The summed E-state index contributed by atoms with van der Waals surface area (Å²) in [5.74, 6) is 1.86. The Labute approximate surface area is 93.7 Å². The highest BCUT2D eigenvalue weighted by atomic mass is 14.3. The highest BCUT2D eigenvalue weighted by Gasteiger charge is 2.21. The Morgan fingerprint density at radius 2 is 2.00 bits per heavy atom. The van der Waals surface area contributed by atoms with Gasteiger partial charge in [0.05, 0.1) is 0 Å². The van der Waals surface area contributed by atoms with Crippen LogP contribution in [0.4, 0.5) is 0 Å². The molecule has 1 aromatic rings. The van der Waals surface area contributed by atoms with Crippen molar-refractivity contribution in [2.75, 3.05) is 0 Å². The monoisotopic (exact) mass is 202 g/mol. The minimum Gasteiger partial charge on any atom is -0.0622 e. The second-order valence-electron chi connectivity index (χ2n) is 5.21. The average Bonchev–Trinajstić information content (AvgIpc) is 2.22. The SMILES string of the molecule is Cc1cccc(CC2CCCCC2C)c1. The maximum atomic E-state index is 2.43. The number of benzene rings is 1. The highest BCUT2D eigenvalue weighted by molar-refractivity contribution is 5.22. The topological polar surface area (TPSA) is 0 Å². The van der Waals surface area contributed by atoms with Crippen LogP contribution in [0.3, 0.4) is 0 Å². The quantitative estimate of drug-likeness (QED) is 0.668. The van der Waals surface area contributed by atoms with Crippen molar-refractivity contribution in [2.45, 2.75) is 46.0 Å². The molecule has 1 aliphatic rings. The maximum Gasteiger partial charge on any atom is -0.0248 e. The van der Waals surface area contributed by atoms with Crippen molar-refractivity contribution in [1.82, 2.24) is 0 Å². The van der Waals surface area contributed by atoms with E-state index in [1.54, 1.807) is 0 Å². The molecule has 2 rings (SSSR count). The molecule has 0 heterocycles. The molecule has 1 aliphatic carbocycles. The lowest BCUT2D eigenvalue weighted by atomic mass is 9.77. The molecule has 15 heavy (non-hydrogen) atoms. The summed E-state index contributed by atoms with van der Waals surface area (Å²) in [5, 5.41) is 0. The summed E-state index contributed by atoms with van der Waals surface area (Å²) in [5.41, 5.74) is 2.93. The molecule has 0 aromatic heterocycles. The van der Waals surface area contributed by atoms with Crippen LogP contribution in [0.1, 0.15) is 43.7 Å². The van der Waals surface area contributed by atoms with Crippen molar-refractivity contribution in [3.05, 3.63) is 35.4 Å². The van der Waals surface area contributed by atoms with Crippen molar-refractivity contribution >= 4 is 0 Å². The van der Waals surface area contributed by atoms with E-state index in [4.69, 9.17) is 0 Å². The number of hydrogen-bond donors (Lipinski definition) is 0. The number of rotatable bonds is 2. The van der Waals surface area contributed by atoms with Gasteiger partial charge in [0, 0.05) is 0 Å². The Kier molecular flexibility index (Phi) is 3.45. The summed E-state index contributed by atoms with van der Waals surface area (Å²) in [6.45, 7) is 4.62. The van der Waals surface area contributed by atoms with Gasteiger partial charge in [-0.3, -0.25) is 0 Å². The van der Waals surface area contributed by atoms with E-state index in [0.29, 0.717) is 0 Å². The van der Waals surface area contributed by atoms with Crippen molar-refractivity contribution in [2.24, 2.45) is 11.8 Å². The van der Waals surface area contributed by atoms with E-state index in [2.05, 4.69) is 38.1 Å². The lowest BCUT2D eigenvalue weighted by molar-refractivity contribution is 0.255. The number of hydrogen-bond acceptors (Lipinski definition) is 0. The van der Waals surface area contributed by atoms with Crippen LogP contribution in [0.15, 0.2) is 24.3 Å². The molecule has 1 saturated carbocycles. The van der Waals surface area contributed by atoms with E-state index in [9.17, 15) is 0 Å². The van der Waals surface area contributed by atoms with Gasteiger partial charge in [0.25, 0.3) is 0 Å². The van der Waals surface area contributed by atoms with Crippen LogP contribution in [0.25, 0.3) is 0 Å². The molecule has 2 atom stereocenters. The van der Waals surface area contributed by atoms with E-state index < -0.39 is 0 Å². The fourth-order valence-corrected chi connectivity index (χ4v) is 2.84. The van der Waals surface area contributed by atoms with Crippen LogP contribution < -0.4 is 0 Å². The predicted molar refractivity (Wildman–Crippen MR) is 66.0 cm³/mol. The Balaban J connectivity index is 2.01. The normalized spacial score (nSPS) is 26.5. The maximum absolute atomic E-state index is 2.43. The summed E-state index contributed by atoms with van der Waals surface area (Å²) in [6, 6.07) is 9.02. The predicted octanol–water partition coefficient (Wildman–Crippen LogP) is 4.36. The smallest absolute Gasteiger partial charge is 0.0248 e. The molecule has 2 unspecified atom stereocenters. The Morgan fingerprint density at radius 1 is 1.20 bits per heavy atom. The van der Waals surface area contributed by atoms with Gasteiger partial charge in [-0.25, -0.2) is 0 Å².